The van der Waals surface area contributed by atoms with Crippen molar-refractivity contribution in [2.75, 3.05) is 13.1 Å². The van der Waals surface area contributed by atoms with Crippen molar-refractivity contribution in [2.24, 2.45) is 5.29 Å². The first-order valence-electron chi connectivity index (χ1n) is 5.95. The van der Waals surface area contributed by atoms with Gasteiger partial charge in [0.1, 0.15) is 5.69 Å². The Bertz CT molecular complexity index is 495. The number of aryl methyl sites for hydroxylation is 1. The molecule has 19 heavy (non-hydrogen) atoms. The fraction of sp³-hybridized carbons (Fsp3) is 0.545. The molecule has 104 valence electrons. The third-order valence-electron chi connectivity index (χ3n) is 3.20. The molecule has 0 spiro atoms. The number of carbonyl (C=O) groups is 1. The van der Waals surface area contributed by atoms with E-state index in [0.29, 0.717) is 36.6 Å². The standard InChI is InChI=1S/C11H14Cl2N4O2/c1-6-8(12)9(13)10(14-6)11(18)15-7-2-4-17(16-19)5-3-7/h7,14H,2-5H2,1H3,(H,15,18). The molecule has 0 unspecified atom stereocenters. The minimum absolute atomic E-state index is 0.0175. The summed E-state index contributed by atoms with van der Waals surface area (Å²) in [4.78, 5) is 25.3. The topological polar surface area (TPSA) is 77.6 Å². The van der Waals surface area contributed by atoms with Crippen molar-refractivity contribution in [2.45, 2.75) is 25.8 Å². The number of amides is 1. The zero-order valence-corrected chi connectivity index (χ0v) is 11.9. The summed E-state index contributed by atoms with van der Waals surface area (Å²) in [6.45, 7) is 2.85. The molecule has 8 heteroatoms. The van der Waals surface area contributed by atoms with E-state index in [9.17, 15) is 9.70 Å². The van der Waals surface area contributed by atoms with Crippen LogP contribution in [-0.2, 0) is 0 Å². The second-order valence-corrected chi connectivity index (χ2v) is 5.29. The van der Waals surface area contributed by atoms with Crippen molar-refractivity contribution in [3.63, 3.8) is 0 Å². The third kappa shape index (κ3) is 3.01. The van der Waals surface area contributed by atoms with Crippen molar-refractivity contribution in [1.82, 2.24) is 15.3 Å². The molecule has 0 aromatic carbocycles. The van der Waals surface area contributed by atoms with E-state index in [4.69, 9.17) is 23.2 Å². The van der Waals surface area contributed by atoms with Crippen LogP contribution in [0.4, 0.5) is 0 Å². The van der Waals surface area contributed by atoms with Crippen molar-refractivity contribution in [3.05, 3.63) is 26.3 Å². The van der Waals surface area contributed by atoms with E-state index < -0.39 is 0 Å². The van der Waals surface area contributed by atoms with Gasteiger partial charge in [0, 0.05) is 24.8 Å². The van der Waals surface area contributed by atoms with Gasteiger partial charge >= 0.3 is 0 Å². The number of nitroso groups, excluding NO2 is 1. The van der Waals surface area contributed by atoms with Gasteiger partial charge in [-0.3, -0.25) is 9.80 Å². The highest BCUT2D eigenvalue weighted by Crippen LogP contribution is 2.29. The molecular weight excluding hydrogens is 291 g/mol. The summed E-state index contributed by atoms with van der Waals surface area (Å²) in [7, 11) is 0. The highest BCUT2D eigenvalue weighted by Gasteiger charge is 2.24. The van der Waals surface area contributed by atoms with E-state index >= 15 is 0 Å². The van der Waals surface area contributed by atoms with Crippen LogP contribution in [0, 0.1) is 11.8 Å². The lowest BCUT2D eigenvalue weighted by atomic mass is 10.1. The predicted molar refractivity (Wildman–Crippen MR) is 73.4 cm³/mol. The first-order chi connectivity index (χ1) is 9.02. The number of nitrogens with one attached hydrogen (secondary N) is 2. The number of piperidine rings is 1. The van der Waals surface area contributed by atoms with Crippen LogP contribution in [0.1, 0.15) is 29.0 Å². The minimum Gasteiger partial charge on any atom is -0.352 e. The van der Waals surface area contributed by atoms with Gasteiger partial charge in [0.25, 0.3) is 5.91 Å². The average Bonchev–Trinajstić information content (AvgIpc) is 2.67. The quantitative estimate of drug-likeness (QED) is 0.842. The fourth-order valence-electron chi connectivity index (χ4n) is 2.08. The second-order valence-electron chi connectivity index (χ2n) is 4.54. The molecule has 1 aromatic heterocycles. The Morgan fingerprint density at radius 2 is 2.00 bits per heavy atom. The fourth-order valence-corrected chi connectivity index (χ4v) is 2.49. The Morgan fingerprint density at radius 1 is 1.37 bits per heavy atom. The van der Waals surface area contributed by atoms with Crippen molar-refractivity contribution in [3.8, 4) is 0 Å². The van der Waals surface area contributed by atoms with Crippen LogP contribution >= 0.6 is 23.2 Å². The molecule has 0 radical (unpaired) electrons. The molecule has 2 rings (SSSR count). The molecule has 1 aliphatic heterocycles. The molecule has 0 atom stereocenters. The SMILES string of the molecule is Cc1[nH]c(C(=O)NC2CCN(N=O)CC2)c(Cl)c1Cl. The van der Waals surface area contributed by atoms with Gasteiger partial charge in [-0.15, -0.1) is 4.91 Å². The molecule has 2 heterocycles. The Labute approximate surface area is 120 Å². The first kappa shape index (κ1) is 14.1. The van der Waals surface area contributed by atoms with Crippen LogP contribution in [-0.4, -0.2) is 35.0 Å². The number of carbonyl (C=O) groups excluding carboxylic acids is 1. The number of halogens is 2. The maximum atomic E-state index is 12.1. The van der Waals surface area contributed by atoms with Gasteiger partial charge in [0.15, 0.2) is 0 Å². The van der Waals surface area contributed by atoms with Crippen LogP contribution in [0.3, 0.4) is 0 Å². The molecule has 1 fully saturated rings. The highest BCUT2D eigenvalue weighted by molar-refractivity contribution is 6.44. The van der Waals surface area contributed by atoms with E-state index in [2.05, 4.69) is 15.6 Å². The molecule has 0 bridgehead atoms. The molecule has 6 nitrogen and oxygen atoms in total. The first-order valence-corrected chi connectivity index (χ1v) is 6.71. The summed E-state index contributed by atoms with van der Waals surface area (Å²) in [5.41, 5.74) is 0.942. The van der Waals surface area contributed by atoms with Gasteiger partial charge in [-0.25, -0.2) is 0 Å². The molecule has 0 aliphatic carbocycles. The van der Waals surface area contributed by atoms with Gasteiger partial charge in [0.2, 0.25) is 0 Å². The molecule has 1 aliphatic rings. The number of hydrogen-bond donors (Lipinski definition) is 2. The Hall–Kier alpha value is -1.27. The lowest BCUT2D eigenvalue weighted by Crippen LogP contribution is -2.43. The normalized spacial score (nSPS) is 16.5. The van der Waals surface area contributed by atoms with Crippen molar-refractivity contribution >= 4 is 29.1 Å². The van der Waals surface area contributed by atoms with Gasteiger partial charge in [-0.2, -0.15) is 0 Å². The summed E-state index contributed by atoms with van der Waals surface area (Å²) >= 11 is 11.9. The van der Waals surface area contributed by atoms with E-state index in [1.165, 1.54) is 5.01 Å². The van der Waals surface area contributed by atoms with E-state index in [1.54, 1.807) is 6.92 Å². The van der Waals surface area contributed by atoms with Crippen LogP contribution in [0.15, 0.2) is 5.29 Å². The Balaban J connectivity index is 1.98. The lowest BCUT2D eigenvalue weighted by molar-refractivity contribution is 0.0907. The minimum atomic E-state index is -0.280. The second kappa shape index (κ2) is 5.79. The smallest absolute Gasteiger partial charge is 0.269 e. The Morgan fingerprint density at radius 3 is 2.47 bits per heavy atom. The van der Waals surface area contributed by atoms with Gasteiger partial charge < -0.3 is 10.3 Å². The number of rotatable bonds is 3. The predicted octanol–water partition coefficient (Wildman–Crippen LogP) is 2.51. The zero-order chi connectivity index (χ0) is 14.0. The van der Waals surface area contributed by atoms with Crippen molar-refractivity contribution < 1.29 is 4.79 Å². The monoisotopic (exact) mass is 304 g/mol. The summed E-state index contributed by atoms with van der Waals surface area (Å²) < 4.78 is 0. The number of H-pyrrole nitrogens is 1. The average molecular weight is 305 g/mol. The summed E-state index contributed by atoms with van der Waals surface area (Å²) in [6.07, 6.45) is 1.37. The van der Waals surface area contributed by atoms with Crippen LogP contribution in [0.5, 0.6) is 0 Å². The molecule has 1 saturated heterocycles. The van der Waals surface area contributed by atoms with Gasteiger partial charge in [-0.05, 0) is 19.8 Å². The number of aromatic nitrogens is 1. The number of aromatic amines is 1. The molecule has 2 N–H and O–H groups in total. The maximum absolute atomic E-state index is 12.1. The molecule has 1 amide bonds. The maximum Gasteiger partial charge on any atom is 0.269 e. The van der Waals surface area contributed by atoms with E-state index in [-0.39, 0.29) is 22.7 Å². The van der Waals surface area contributed by atoms with Crippen LogP contribution in [0.25, 0.3) is 0 Å². The molecule has 1 aromatic rings. The van der Waals surface area contributed by atoms with Crippen molar-refractivity contribution in [1.29, 1.82) is 0 Å². The number of hydrogen-bond acceptors (Lipinski definition) is 3. The van der Waals surface area contributed by atoms with Crippen LogP contribution < -0.4 is 5.32 Å². The summed E-state index contributed by atoms with van der Waals surface area (Å²) in [6, 6.07) is 0.0175. The molecule has 0 saturated carbocycles. The largest absolute Gasteiger partial charge is 0.352 e. The summed E-state index contributed by atoms with van der Waals surface area (Å²) in [5.74, 6) is -0.280. The number of nitrogens with zero attached hydrogens (tertiary/aromatic N) is 2. The van der Waals surface area contributed by atoms with E-state index in [1.807, 2.05) is 0 Å². The molecular formula is C11H14Cl2N4O2. The third-order valence-corrected chi connectivity index (χ3v) is 4.15. The van der Waals surface area contributed by atoms with Gasteiger partial charge in [-0.1, -0.05) is 23.2 Å². The van der Waals surface area contributed by atoms with E-state index in [0.717, 1.165) is 0 Å². The summed E-state index contributed by atoms with van der Waals surface area (Å²) in [5, 5.41) is 7.81. The highest BCUT2D eigenvalue weighted by atomic mass is 35.5. The van der Waals surface area contributed by atoms with Crippen LogP contribution in [0.2, 0.25) is 10.0 Å². The zero-order valence-electron chi connectivity index (χ0n) is 10.4. The Kier molecular flexibility index (Phi) is 4.31. The van der Waals surface area contributed by atoms with Gasteiger partial charge in [0.05, 0.1) is 15.3 Å². The lowest BCUT2D eigenvalue weighted by Gasteiger charge is -2.28.